The molecule has 1 spiro atoms. The highest BCUT2D eigenvalue weighted by Crippen LogP contribution is 2.79. The molecule has 5 heteroatoms. The number of hydrogen-bond donors (Lipinski definition) is 0. The lowest BCUT2D eigenvalue weighted by Crippen LogP contribution is -2.59. The molecule has 1 saturated heterocycles. The van der Waals surface area contributed by atoms with E-state index in [1.807, 2.05) is 0 Å². The summed E-state index contributed by atoms with van der Waals surface area (Å²) in [5.74, 6) is 1.43. The first-order valence-electron chi connectivity index (χ1n) is 11.5. The Morgan fingerprint density at radius 2 is 2.00 bits per heavy atom. The lowest BCUT2D eigenvalue weighted by Gasteiger charge is -2.60. The molecule has 1 aliphatic heterocycles. The molecule has 0 aromatic carbocycles. The molecule has 0 radical (unpaired) electrons. The average Bonchev–Trinajstić information content (AvgIpc) is 3.36. The van der Waals surface area contributed by atoms with Crippen molar-refractivity contribution in [2.75, 3.05) is 7.11 Å². The highest BCUT2D eigenvalue weighted by Gasteiger charge is 2.79. The quantitative estimate of drug-likeness (QED) is 0.618. The molecule has 9 atom stereocenters. The van der Waals surface area contributed by atoms with Crippen molar-refractivity contribution in [3.63, 3.8) is 0 Å². The second-order valence-electron chi connectivity index (χ2n) is 11.1. The van der Waals surface area contributed by atoms with Crippen LogP contribution in [0.1, 0.15) is 52.4 Å². The summed E-state index contributed by atoms with van der Waals surface area (Å²) in [6.07, 6.45) is 10.6. The van der Waals surface area contributed by atoms with Gasteiger partial charge >= 0.3 is 11.9 Å². The number of esters is 2. The van der Waals surface area contributed by atoms with Crippen LogP contribution in [0.5, 0.6) is 0 Å². The van der Waals surface area contributed by atoms with Gasteiger partial charge in [-0.15, -0.1) is 0 Å². The fraction of sp³-hybridized carbons (Fsp3) is 0.720. The Hall–Kier alpha value is -1.91. The number of allylic oxidation sites excluding steroid dienone is 4. The Labute approximate surface area is 177 Å². The van der Waals surface area contributed by atoms with Crippen LogP contribution >= 0.6 is 0 Å². The number of hydrogen-bond acceptors (Lipinski definition) is 5. The first-order chi connectivity index (χ1) is 14.2. The van der Waals surface area contributed by atoms with Crippen molar-refractivity contribution in [3.8, 4) is 0 Å². The summed E-state index contributed by atoms with van der Waals surface area (Å²) < 4.78 is 11.4. The van der Waals surface area contributed by atoms with Crippen molar-refractivity contribution >= 4 is 17.7 Å². The predicted molar refractivity (Wildman–Crippen MR) is 108 cm³/mol. The van der Waals surface area contributed by atoms with E-state index in [2.05, 4.69) is 19.9 Å². The third kappa shape index (κ3) is 2.02. The van der Waals surface area contributed by atoms with Gasteiger partial charge in [0.05, 0.1) is 13.0 Å². The summed E-state index contributed by atoms with van der Waals surface area (Å²) in [4.78, 5) is 37.4. The van der Waals surface area contributed by atoms with Gasteiger partial charge in [0.2, 0.25) is 0 Å². The minimum absolute atomic E-state index is 0.0186. The summed E-state index contributed by atoms with van der Waals surface area (Å²) in [6, 6.07) is 0. The van der Waals surface area contributed by atoms with Gasteiger partial charge in [0.15, 0.2) is 5.78 Å². The second-order valence-corrected chi connectivity index (χ2v) is 11.1. The zero-order valence-corrected chi connectivity index (χ0v) is 18.0. The van der Waals surface area contributed by atoms with E-state index < -0.39 is 0 Å². The Balaban J connectivity index is 1.47. The molecule has 6 aliphatic rings. The van der Waals surface area contributed by atoms with Gasteiger partial charge < -0.3 is 9.47 Å². The standard InChI is InChI=1S/C25H30O5/c1-23-7-4-14(26)10-13(23)11-16(22(28)29-3)20-17(23)5-8-24(2)21(20)15-12-18(15)25(24)9-6-19(27)30-25/h4,7,10,15-18,20-21H,5-6,8-9,11-12H2,1-3H3/t15-,16-,17+,18+,20-,21+,23+,24+,25-/m1/s1. The van der Waals surface area contributed by atoms with E-state index in [0.29, 0.717) is 36.5 Å². The Kier molecular flexibility index (Phi) is 3.55. The molecule has 6 rings (SSSR count). The topological polar surface area (TPSA) is 69.7 Å². The Morgan fingerprint density at radius 1 is 1.20 bits per heavy atom. The third-order valence-corrected chi connectivity index (χ3v) is 10.2. The lowest BCUT2D eigenvalue weighted by atomic mass is 9.44. The predicted octanol–water partition coefficient (Wildman–Crippen LogP) is 3.63. The molecule has 5 aliphatic carbocycles. The van der Waals surface area contributed by atoms with E-state index in [4.69, 9.17) is 9.47 Å². The molecule has 0 aromatic heterocycles. The first-order valence-corrected chi connectivity index (χ1v) is 11.5. The monoisotopic (exact) mass is 410 g/mol. The number of ketones is 1. The highest BCUT2D eigenvalue weighted by atomic mass is 16.6. The molecule has 0 amide bonds. The van der Waals surface area contributed by atoms with E-state index in [1.54, 1.807) is 12.2 Å². The molecule has 0 aromatic rings. The highest BCUT2D eigenvalue weighted by molar-refractivity contribution is 6.01. The summed E-state index contributed by atoms with van der Waals surface area (Å²) in [5.41, 5.74) is 0.492. The maximum Gasteiger partial charge on any atom is 0.309 e. The molecule has 5 fully saturated rings. The van der Waals surface area contributed by atoms with Gasteiger partial charge in [0.25, 0.3) is 0 Å². The van der Waals surface area contributed by atoms with Gasteiger partial charge in [0, 0.05) is 23.2 Å². The summed E-state index contributed by atoms with van der Waals surface area (Å²) >= 11 is 0. The number of rotatable bonds is 1. The maximum atomic E-state index is 13.0. The molecule has 160 valence electrons. The summed E-state index contributed by atoms with van der Waals surface area (Å²) in [5, 5.41) is 0. The third-order valence-electron chi connectivity index (χ3n) is 10.2. The van der Waals surface area contributed by atoms with Gasteiger partial charge in [-0.1, -0.05) is 25.5 Å². The average molecular weight is 411 g/mol. The van der Waals surface area contributed by atoms with Crippen LogP contribution < -0.4 is 0 Å². The first kappa shape index (κ1) is 18.8. The van der Waals surface area contributed by atoms with Crippen molar-refractivity contribution in [3.05, 3.63) is 23.8 Å². The maximum absolute atomic E-state index is 13.0. The minimum Gasteiger partial charge on any atom is -0.469 e. The molecule has 5 nitrogen and oxygen atoms in total. The molecule has 0 N–H and O–H groups in total. The van der Waals surface area contributed by atoms with Crippen LogP contribution in [-0.2, 0) is 23.9 Å². The summed E-state index contributed by atoms with van der Waals surface area (Å²) in [7, 11) is 1.47. The molecular formula is C25H30O5. The van der Waals surface area contributed by atoms with Gasteiger partial charge in [-0.3, -0.25) is 14.4 Å². The van der Waals surface area contributed by atoms with Gasteiger partial charge in [0.1, 0.15) is 5.60 Å². The molecule has 30 heavy (non-hydrogen) atoms. The Bertz CT molecular complexity index is 932. The number of methoxy groups -OCH3 is 1. The smallest absolute Gasteiger partial charge is 0.309 e. The Morgan fingerprint density at radius 3 is 2.70 bits per heavy atom. The van der Waals surface area contributed by atoms with E-state index >= 15 is 0 Å². The van der Waals surface area contributed by atoms with Crippen molar-refractivity contribution in [1.82, 2.24) is 0 Å². The van der Waals surface area contributed by atoms with Crippen LogP contribution in [0, 0.1) is 46.3 Å². The fourth-order valence-corrected chi connectivity index (χ4v) is 8.94. The van der Waals surface area contributed by atoms with Crippen LogP contribution in [0.3, 0.4) is 0 Å². The lowest BCUT2D eigenvalue weighted by molar-refractivity contribution is -0.183. The van der Waals surface area contributed by atoms with E-state index in [1.165, 1.54) is 7.11 Å². The molecule has 0 bridgehead atoms. The van der Waals surface area contributed by atoms with Crippen molar-refractivity contribution in [2.24, 2.45) is 46.3 Å². The van der Waals surface area contributed by atoms with Crippen LogP contribution in [0.2, 0.25) is 0 Å². The van der Waals surface area contributed by atoms with Gasteiger partial charge in [-0.05, 0) is 67.9 Å². The minimum atomic E-state index is -0.333. The van der Waals surface area contributed by atoms with Crippen LogP contribution in [0.15, 0.2) is 23.8 Å². The number of carbonyl (C=O) groups excluding carboxylic acids is 3. The second kappa shape index (κ2) is 5.66. The SMILES string of the molecule is COC(=O)[C@@H]1CC2=CC(=O)C=C[C@]2(C)[C@H]2CC[C@@]3(C)[C@@H]([C@@H]4C[C@@H]4[C@]34CCC(=O)O4)[C@H]12. The molecular weight excluding hydrogens is 380 g/mol. The van der Waals surface area contributed by atoms with Gasteiger partial charge in [-0.2, -0.15) is 0 Å². The van der Waals surface area contributed by atoms with Crippen molar-refractivity contribution in [2.45, 2.75) is 58.0 Å². The number of carbonyl (C=O) groups is 3. The zero-order valence-electron chi connectivity index (χ0n) is 18.0. The van der Waals surface area contributed by atoms with Crippen LogP contribution in [0.4, 0.5) is 0 Å². The van der Waals surface area contributed by atoms with Crippen LogP contribution in [-0.4, -0.2) is 30.4 Å². The molecule has 0 unspecified atom stereocenters. The van der Waals surface area contributed by atoms with Crippen molar-refractivity contribution < 1.29 is 23.9 Å². The van der Waals surface area contributed by atoms with Crippen molar-refractivity contribution in [1.29, 1.82) is 0 Å². The molecule has 4 saturated carbocycles. The van der Waals surface area contributed by atoms with E-state index in [9.17, 15) is 14.4 Å². The molecule has 1 heterocycles. The summed E-state index contributed by atoms with van der Waals surface area (Å²) in [6.45, 7) is 4.58. The van der Waals surface area contributed by atoms with Crippen LogP contribution in [0.25, 0.3) is 0 Å². The largest absolute Gasteiger partial charge is 0.469 e. The fourth-order valence-electron chi connectivity index (χ4n) is 8.94. The number of ether oxygens (including phenoxy) is 2. The van der Waals surface area contributed by atoms with Gasteiger partial charge in [-0.25, -0.2) is 0 Å². The normalized spacial score (nSPS) is 52.7. The number of fused-ring (bicyclic) bond motifs is 9. The zero-order chi connectivity index (χ0) is 21.1. The van der Waals surface area contributed by atoms with E-state index in [0.717, 1.165) is 31.3 Å². The van der Waals surface area contributed by atoms with E-state index in [-0.39, 0.29) is 46.0 Å².